The Morgan fingerprint density at radius 2 is 1.82 bits per heavy atom. The second kappa shape index (κ2) is 5.07. The van der Waals surface area contributed by atoms with E-state index in [1.165, 1.54) is 24.8 Å². The summed E-state index contributed by atoms with van der Waals surface area (Å²) in [4.78, 5) is 0.417. The maximum Gasteiger partial charge on any atom is 0.0596 e. The van der Waals surface area contributed by atoms with Gasteiger partial charge in [0, 0.05) is 4.83 Å². The third kappa shape index (κ3) is 1.97. The molecule has 0 aromatic carbocycles. The fourth-order valence-corrected chi connectivity index (χ4v) is 7.61. The summed E-state index contributed by atoms with van der Waals surface area (Å²) in [7, 11) is 0. The van der Waals surface area contributed by atoms with Crippen molar-refractivity contribution < 1.29 is 10.2 Å². The van der Waals surface area contributed by atoms with Gasteiger partial charge in [-0.1, -0.05) is 41.4 Å². The van der Waals surface area contributed by atoms with Crippen molar-refractivity contribution in [3.05, 3.63) is 11.6 Å². The number of aliphatic hydroxyl groups excluding tert-OH is 2. The second-order valence-electron chi connectivity index (χ2n) is 8.88. The first kappa shape index (κ1) is 15.7. The molecule has 3 heteroatoms. The van der Waals surface area contributed by atoms with Gasteiger partial charge in [0.25, 0.3) is 0 Å². The summed E-state index contributed by atoms with van der Waals surface area (Å²) in [6.07, 6.45) is 9.71. The van der Waals surface area contributed by atoms with Crippen molar-refractivity contribution in [2.75, 3.05) is 0 Å². The molecule has 0 aromatic heterocycles. The molecule has 8 atom stereocenters. The summed E-state index contributed by atoms with van der Waals surface area (Å²) in [5.74, 6) is 2.01. The van der Waals surface area contributed by atoms with Gasteiger partial charge in [-0.3, -0.25) is 0 Å². The average Bonchev–Trinajstić information content (AvgIpc) is 2.77. The van der Waals surface area contributed by atoms with E-state index in [0.29, 0.717) is 22.6 Å². The lowest BCUT2D eigenvalue weighted by Crippen LogP contribution is -2.54. The van der Waals surface area contributed by atoms with Crippen LogP contribution in [0.3, 0.4) is 0 Å². The first-order valence-corrected chi connectivity index (χ1v) is 9.99. The molecule has 0 amide bonds. The lowest BCUT2D eigenvalue weighted by atomic mass is 9.48. The molecule has 0 spiro atoms. The number of alkyl halides is 1. The van der Waals surface area contributed by atoms with Gasteiger partial charge in [0.1, 0.15) is 0 Å². The topological polar surface area (TPSA) is 40.5 Å². The van der Waals surface area contributed by atoms with E-state index in [1.54, 1.807) is 0 Å². The van der Waals surface area contributed by atoms with Gasteiger partial charge in [0.05, 0.1) is 12.2 Å². The molecule has 2 N–H and O–H groups in total. The quantitative estimate of drug-likeness (QED) is 0.500. The predicted octanol–water partition coefficient (Wildman–Crippen LogP) is 4.04. The highest BCUT2D eigenvalue weighted by Gasteiger charge is 2.60. The molecule has 4 rings (SSSR count). The zero-order valence-corrected chi connectivity index (χ0v) is 15.3. The molecule has 2 nitrogen and oxygen atoms in total. The van der Waals surface area contributed by atoms with E-state index >= 15 is 0 Å². The van der Waals surface area contributed by atoms with Crippen LogP contribution in [0.25, 0.3) is 0 Å². The third-order valence-electron chi connectivity index (χ3n) is 8.02. The van der Waals surface area contributed by atoms with E-state index in [4.69, 9.17) is 0 Å². The fraction of sp³-hybridized carbons (Fsp3) is 0.895. The van der Waals surface area contributed by atoms with Gasteiger partial charge in [0.2, 0.25) is 0 Å². The lowest BCUT2D eigenvalue weighted by molar-refractivity contribution is -0.0687. The van der Waals surface area contributed by atoms with Gasteiger partial charge in [-0.05, 0) is 73.5 Å². The van der Waals surface area contributed by atoms with E-state index in [0.717, 1.165) is 25.7 Å². The average molecular weight is 369 g/mol. The van der Waals surface area contributed by atoms with Crippen molar-refractivity contribution in [3.8, 4) is 0 Å². The Hall–Kier alpha value is 0.140. The molecule has 4 aliphatic carbocycles. The highest BCUT2D eigenvalue weighted by molar-refractivity contribution is 9.09. The Balaban J connectivity index is 1.73. The molecule has 3 saturated carbocycles. The van der Waals surface area contributed by atoms with Crippen molar-refractivity contribution in [1.29, 1.82) is 0 Å². The van der Waals surface area contributed by atoms with Crippen LogP contribution < -0.4 is 0 Å². The van der Waals surface area contributed by atoms with E-state index in [1.807, 2.05) is 0 Å². The minimum atomic E-state index is -0.141. The zero-order chi connectivity index (χ0) is 15.7. The molecule has 0 aliphatic heterocycles. The number of fused-ring (bicyclic) bond motifs is 5. The van der Waals surface area contributed by atoms with Gasteiger partial charge in [-0.2, -0.15) is 0 Å². The van der Waals surface area contributed by atoms with Crippen LogP contribution in [0.1, 0.15) is 58.8 Å². The highest BCUT2D eigenvalue weighted by Crippen LogP contribution is 2.65. The normalized spacial score (nSPS) is 57.6. The maximum absolute atomic E-state index is 10.5. The minimum absolute atomic E-state index is 0.107. The monoisotopic (exact) mass is 368 g/mol. The van der Waals surface area contributed by atoms with Crippen LogP contribution in [-0.4, -0.2) is 27.2 Å². The van der Waals surface area contributed by atoms with Crippen LogP contribution in [0.5, 0.6) is 0 Å². The molecule has 0 bridgehead atoms. The first-order chi connectivity index (χ1) is 10.4. The molecule has 0 saturated heterocycles. The van der Waals surface area contributed by atoms with E-state index in [9.17, 15) is 10.2 Å². The van der Waals surface area contributed by atoms with Crippen molar-refractivity contribution in [1.82, 2.24) is 0 Å². The fourth-order valence-electron chi connectivity index (χ4n) is 6.56. The summed E-state index contributed by atoms with van der Waals surface area (Å²) < 4.78 is 0. The van der Waals surface area contributed by atoms with Gasteiger partial charge in [-0.25, -0.2) is 0 Å². The van der Waals surface area contributed by atoms with Crippen LogP contribution >= 0.6 is 15.9 Å². The van der Waals surface area contributed by atoms with Crippen LogP contribution in [-0.2, 0) is 0 Å². The van der Waals surface area contributed by atoms with Crippen LogP contribution in [0.2, 0.25) is 0 Å². The molecule has 22 heavy (non-hydrogen) atoms. The number of halogens is 1. The van der Waals surface area contributed by atoms with Crippen molar-refractivity contribution in [2.45, 2.75) is 75.8 Å². The van der Waals surface area contributed by atoms with Gasteiger partial charge in [0.15, 0.2) is 0 Å². The molecule has 3 fully saturated rings. The standard InChI is InChI=1S/C19H29BrO2/c1-18-7-5-12(21)9-11(18)10-15(20)17-13-3-4-16(22)19(13,2)8-6-14(17)18/h10,12-17,21-22H,3-9H2,1-2H3/t12-,13?,14?,15?,16-,17?,18-,19-/m0/s1. The minimum Gasteiger partial charge on any atom is -0.393 e. The summed E-state index contributed by atoms with van der Waals surface area (Å²) in [6, 6.07) is 0. The van der Waals surface area contributed by atoms with Crippen LogP contribution in [0.4, 0.5) is 0 Å². The number of hydrogen-bond acceptors (Lipinski definition) is 2. The van der Waals surface area contributed by atoms with E-state index in [-0.39, 0.29) is 23.0 Å². The molecule has 4 unspecified atom stereocenters. The lowest BCUT2D eigenvalue weighted by Gasteiger charge is -2.58. The van der Waals surface area contributed by atoms with E-state index in [2.05, 4.69) is 35.9 Å². The molecule has 4 aliphatic rings. The van der Waals surface area contributed by atoms with Gasteiger partial charge >= 0.3 is 0 Å². The van der Waals surface area contributed by atoms with Gasteiger partial charge in [-0.15, -0.1) is 0 Å². The number of rotatable bonds is 0. The highest BCUT2D eigenvalue weighted by atomic mass is 79.9. The van der Waals surface area contributed by atoms with Crippen molar-refractivity contribution in [3.63, 3.8) is 0 Å². The van der Waals surface area contributed by atoms with Crippen molar-refractivity contribution in [2.24, 2.45) is 28.6 Å². The summed E-state index contributed by atoms with van der Waals surface area (Å²) in [5, 5.41) is 20.6. The maximum atomic E-state index is 10.5. The zero-order valence-electron chi connectivity index (χ0n) is 13.8. The van der Waals surface area contributed by atoms with Crippen LogP contribution in [0.15, 0.2) is 11.6 Å². The SMILES string of the molecule is C[C@]12CC[C@H](O)CC1=CC(Br)C1C2CC[C@@]2(C)C1CC[C@@H]2O. The largest absolute Gasteiger partial charge is 0.393 e. The van der Waals surface area contributed by atoms with E-state index < -0.39 is 0 Å². The number of aliphatic hydroxyl groups is 2. The number of hydrogen-bond donors (Lipinski definition) is 2. The number of allylic oxidation sites excluding steroid dienone is 1. The molecule has 0 radical (unpaired) electrons. The predicted molar refractivity (Wildman–Crippen MR) is 91.8 cm³/mol. The summed E-state index contributed by atoms with van der Waals surface area (Å²) in [5.41, 5.74) is 1.91. The van der Waals surface area contributed by atoms with Crippen LogP contribution in [0, 0.1) is 28.6 Å². The Morgan fingerprint density at radius 3 is 2.59 bits per heavy atom. The second-order valence-corrected chi connectivity index (χ2v) is 9.94. The first-order valence-electron chi connectivity index (χ1n) is 9.07. The Morgan fingerprint density at radius 1 is 1.05 bits per heavy atom. The smallest absolute Gasteiger partial charge is 0.0596 e. The molecule has 0 heterocycles. The summed E-state index contributed by atoms with van der Waals surface area (Å²) >= 11 is 3.98. The molecule has 0 aromatic rings. The Kier molecular flexibility index (Phi) is 3.61. The molecular weight excluding hydrogens is 340 g/mol. The summed E-state index contributed by atoms with van der Waals surface area (Å²) in [6.45, 7) is 4.78. The third-order valence-corrected chi connectivity index (χ3v) is 8.89. The van der Waals surface area contributed by atoms with Crippen molar-refractivity contribution >= 4 is 15.9 Å². The Labute approximate surface area is 142 Å². The Bertz CT molecular complexity index is 504. The van der Waals surface area contributed by atoms with Gasteiger partial charge < -0.3 is 10.2 Å². The molecular formula is C19H29BrO2. The molecule has 124 valence electrons.